The van der Waals surface area contributed by atoms with Gasteiger partial charge in [0.2, 0.25) is 0 Å². The lowest BCUT2D eigenvalue weighted by atomic mass is 10.1. The van der Waals surface area contributed by atoms with Gasteiger partial charge < -0.3 is 0 Å². The summed E-state index contributed by atoms with van der Waals surface area (Å²) in [7, 11) is -21.4. The predicted molar refractivity (Wildman–Crippen MR) is 117 cm³/mol. The molecule has 0 aliphatic heterocycles. The van der Waals surface area contributed by atoms with Crippen molar-refractivity contribution in [2.45, 2.75) is 19.6 Å². The van der Waals surface area contributed by atoms with Crippen LogP contribution in [0.5, 0.6) is 0 Å². The fraction of sp³-hybridized carbons (Fsp3) is 0. The summed E-state index contributed by atoms with van der Waals surface area (Å²) >= 11 is 2.83. The second kappa shape index (κ2) is 8.15. The maximum atomic E-state index is 11.9. The first-order chi connectivity index (χ1) is 13.2. The van der Waals surface area contributed by atoms with Crippen LogP contribution in [0.1, 0.15) is 0 Å². The molecular formula is C12H8I2O12S4. The average Bonchev–Trinajstić information content (AvgIpc) is 2.50. The Morgan fingerprint density at radius 2 is 0.633 bits per heavy atom. The Morgan fingerprint density at radius 1 is 0.467 bits per heavy atom. The van der Waals surface area contributed by atoms with Gasteiger partial charge in [-0.25, -0.2) is 0 Å². The van der Waals surface area contributed by atoms with Crippen molar-refractivity contribution in [1.82, 2.24) is 0 Å². The van der Waals surface area contributed by atoms with Crippen LogP contribution in [0.3, 0.4) is 0 Å². The highest BCUT2D eigenvalue weighted by Gasteiger charge is 2.35. The van der Waals surface area contributed by atoms with Gasteiger partial charge in [0.05, 0.1) is 0 Å². The zero-order chi connectivity index (χ0) is 23.4. The van der Waals surface area contributed by atoms with E-state index in [2.05, 4.69) is 0 Å². The van der Waals surface area contributed by atoms with Gasteiger partial charge in [-0.2, -0.15) is 33.7 Å². The van der Waals surface area contributed by atoms with Crippen LogP contribution < -0.4 is 0 Å². The number of hydrogen-bond acceptors (Lipinski definition) is 8. The molecule has 0 amide bonds. The molecule has 0 saturated heterocycles. The van der Waals surface area contributed by atoms with Crippen LogP contribution in [-0.4, -0.2) is 51.9 Å². The maximum Gasteiger partial charge on any atom is 0.295 e. The SMILES string of the molecule is O=S(=O)(O)c1cc(I)cc(S(=O)(=O)O)c1-c1c(S(=O)(=O)O)cc(I)cc1S(=O)(=O)O. The summed E-state index contributed by atoms with van der Waals surface area (Å²) in [5.74, 6) is 0. The number of halogens is 2. The molecule has 0 saturated carbocycles. The second-order valence-electron chi connectivity index (χ2n) is 5.45. The van der Waals surface area contributed by atoms with E-state index in [1.807, 2.05) is 0 Å². The monoisotopic (exact) mass is 726 g/mol. The van der Waals surface area contributed by atoms with Gasteiger partial charge >= 0.3 is 0 Å². The summed E-state index contributed by atoms with van der Waals surface area (Å²) in [6.07, 6.45) is 0. The van der Waals surface area contributed by atoms with Crippen molar-refractivity contribution in [3.63, 3.8) is 0 Å². The third kappa shape index (κ3) is 5.47. The molecule has 2 rings (SSSR count). The van der Waals surface area contributed by atoms with Gasteiger partial charge in [-0.15, -0.1) is 0 Å². The van der Waals surface area contributed by atoms with E-state index in [-0.39, 0.29) is 7.14 Å². The first kappa shape index (κ1) is 25.8. The normalized spacial score (nSPS) is 13.4. The van der Waals surface area contributed by atoms with Crippen molar-refractivity contribution in [2.24, 2.45) is 0 Å². The summed E-state index contributed by atoms with van der Waals surface area (Å²) in [5, 5.41) is 0. The number of hydrogen-bond donors (Lipinski definition) is 4. The molecule has 2 aromatic carbocycles. The van der Waals surface area contributed by atoms with Crippen LogP contribution in [0.25, 0.3) is 11.1 Å². The zero-order valence-corrected chi connectivity index (χ0v) is 21.3. The highest BCUT2D eigenvalue weighted by molar-refractivity contribution is 14.1. The van der Waals surface area contributed by atoms with Crippen molar-refractivity contribution < 1.29 is 51.9 Å². The Labute approximate surface area is 198 Å². The fourth-order valence-electron chi connectivity index (χ4n) is 2.42. The van der Waals surface area contributed by atoms with Gasteiger partial charge in [-0.1, -0.05) is 0 Å². The van der Waals surface area contributed by atoms with Crippen molar-refractivity contribution in [3.8, 4) is 11.1 Å². The fourth-order valence-corrected chi connectivity index (χ4v) is 7.63. The molecule has 0 aliphatic rings. The van der Waals surface area contributed by atoms with Crippen LogP contribution in [0, 0.1) is 7.14 Å². The molecule has 30 heavy (non-hydrogen) atoms. The van der Waals surface area contributed by atoms with E-state index in [1.54, 1.807) is 0 Å². The minimum atomic E-state index is -5.36. The van der Waals surface area contributed by atoms with Gasteiger partial charge in [0.15, 0.2) is 0 Å². The summed E-state index contributed by atoms with van der Waals surface area (Å²) in [6.45, 7) is 0. The molecule has 0 spiro atoms. The van der Waals surface area contributed by atoms with Crippen molar-refractivity contribution in [1.29, 1.82) is 0 Å². The molecule has 0 radical (unpaired) electrons. The van der Waals surface area contributed by atoms with Gasteiger partial charge in [0.1, 0.15) is 19.6 Å². The van der Waals surface area contributed by atoms with Gasteiger partial charge in [-0.3, -0.25) is 18.2 Å². The molecule has 0 bridgehead atoms. The summed E-state index contributed by atoms with van der Waals surface area (Å²) in [5.41, 5.74) is -2.59. The molecule has 0 aromatic heterocycles. The molecule has 18 heteroatoms. The standard InChI is InChI=1S/C12H8I2O12S4/c13-5-1-7(27(15,16)17)11(8(2-5)28(18,19)20)12-9(29(21,22)23)3-6(14)4-10(12)30(24,25)26/h1-4H,(H,15,16,17)(H,18,19,20)(H,21,22,23)(H,24,25,26). The second-order valence-corrected chi connectivity index (χ2v) is 13.5. The first-order valence-electron chi connectivity index (χ1n) is 6.82. The number of benzene rings is 2. The molecule has 2 aromatic rings. The lowest BCUT2D eigenvalue weighted by molar-refractivity contribution is 0.474. The molecule has 0 atom stereocenters. The van der Waals surface area contributed by atoms with E-state index in [9.17, 15) is 51.9 Å². The third-order valence-electron chi connectivity index (χ3n) is 3.42. The van der Waals surface area contributed by atoms with Crippen molar-refractivity contribution >= 4 is 85.7 Å². The van der Waals surface area contributed by atoms with Crippen LogP contribution in [-0.2, 0) is 40.5 Å². The van der Waals surface area contributed by atoms with E-state index in [0.717, 1.165) is 0 Å². The highest BCUT2D eigenvalue weighted by Crippen LogP contribution is 2.42. The average molecular weight is 726 g/mol. The zero-order valence-electron chi connectivity index (χ0n) is 13.8. The number of rotatable bonds is 5. The van der Waals surface area contributed by atoms with Crippen molar-refractivity contribution in [2.75, 3.05) is 0 Å². The molecule has 166 valence electrons. The lowest BCUT2D eigenvalue weighted by Gasteiger charge is -2.18. The molecule has 0 heterocycles. The molecule has 12 nitrogen and oxygen atoms in total. The Morgan fingerprint density at radius 3 is 0.767 bits per heavy atom. The molecule has 0 aliphatic carbocycles. The summed E-state index contributed by atoms with van der Waals surface area (Å²) < 4.78 is 133. The lowest BCUT2D eigenvalue weighted by Crippen LogP contribution is -2.14. The largest absolute Gasteiger partial charge is 0.295 e. The van der Waals surface area contributed by atoms with Crippen molar-refractivity contribution in [3.05, 3.63) is 31.4 Å². The maximum absolute atomic E-state index is 11.9. The minimum Gasteiger partial charge on any atom is -0.282 e. The Bertz CT molecular complexity index is 1270. The molecular weight excluding hydrogens is 718 g/mol. The Kier molecular flexibility index (Phi) is 7.01. The highest BCUT2D eigenvalue weighted by atomic mass is 127. The molecule has 0 unspecified atom stereocenters. The first-order valence-corrected chi connectivity index (χ1v) is 14.7. The summed E-state index contributed by atoms with van der Waals surface area (Å²) in [4.78, 5) is -5.23. The van der Waals surface area contributed by atoms with E-state index in [4.69, 9.17) is 0 Å². The third-order valence-corrected chi connectivity index (χ3v) is 8.18. The van der Waals surface area contributed by atoms with Gasteiger partial charge in [0.25, 0.3) is 40.5 Å². The van der Waals surface area contributed by atoms with E-state index < -0.39 is 71.2 Å². The predicted octanol–water partition coefficient (Wildman–Crippen LogP) is 1.55. The molecule has 0 fully saturated rings. The Hall–Kier alpha value is -0.460. The van der Waals surface area contributed by atoms with Crippen LogP contribution in [0.2, 0.25) is 0 Å². The smallest absolute Gasteiger partial charge is 0.282 e. The van der Waals surface area contributed by atoms with E-state index in [0.29, 0.717) is 24.3 Å². The van der Waals surface area contributed by atoms with Gasteiger partial charge in [0, 0.05) is 18.3 Å². The van der Waals surface area contributed by atoms with E-state index >= 15 is 0 Å². The topological polar surface area (TPSA) is 217 Å². The van der Waals surface area contributed by atoms with Gasteiger partial charge in [-0.05, 0) is 69.4 Å². The Balaban J connectivity index is 3.45. The van der Waals surface area contributed by atoms with E-state index in [1.165, 1.54) is 45.2 Å². The molecule has 4 N–H and O–H groups in total. The van der Waals surface area contributed by atoms with Crippen LogP contribution >= 0.6 is 45.2 Å². The quantitative estimate of drug-likeness (QED) is 0.255. The minimum absolute atomic E-state index is 0.177. The summed E-state index contributed by atoms with van der Waals surface area (Å²) in [6, 6.07) is 2.61. The van der Waals surface area contributed by atoms with Crippen LogP contribution in [0.15, 0.2) is 43.8 Å². The van der Waals surface area contributed by atoms with Crippen LogP contribution in [0.4, 0.5) is 0 Å².